The zero-order chi connectivity index (χ0) is 33.5. The molecule has 1 amide bonds. The summed E-state index contributed by atoms with van der Waals surface area (Å²) in [6, 6.07) is 7.75. The number of nitrogens with zero attached hydrogens (tertiary/aromatic N) is 6. The van der Waals surface area contributed by atoms with Crippen molar-refractivity contribution in [3.63, 3.8) is 0 Å². The van der Waals surface area contributed by atoms with E-state index in [1.807, 2.05) is 18.7 Å². The number of hydrogen-bond acceptors (Lipinski definition) is 9. The maximum Gasteiger partial charge on any atom is 0.410 e. The first-order valence-electron chi connectivity index (χ1n) is 14.1. The molecule has 5 rings (SSSR count). The van der Waals surface area contributed by atoms with Crippen molar-refractivity contribution in [3.8, 4) is 21.8 Å². The van der Waals surface area contributed by atoms with Gasteiger partial charge in [-0.1, -0.05) is 23.5 Å². The molecule has 1 saturated heterocycles. The highest BCUT2D eigenvalue weighted by Gasteiger charge is 2.37. The van der Waals surface area contributed by atoms with E-state index in [2.05, 4.69) is 9.97 Å². The van der Waals surface area contributed by atoms with Crippen LogP contribution in [0.4, 0.5) is 34.5 Å². The van der Waals surface area contributed by atoms with Crippen LogP contribution in [0.15, 0.2) is 48.7 Å². The second-order valence-electron chi connectivity index (χ2n) is 11.6. The fourth-order valence-electron chi connectivity index (χ4n) is 5.26. The van der Waals surface area contributed by atoms with Gasteiger partial charge >= 0.3 is 6.09 Å². The van der Waals surface area contributed by atoms with E-state index < -0.39 is 51.4 Å². The molecule has 46 heavy (non-hydrogen) atoms. The maximum absolute atomic E-state index is 16.5. The van der Waals surface area contributed by atoms with E-state index in [0.717, 1.165) is 24.3 Å². The molecule has 1 aliphatic heterocycles. The minimum absolute atomic E-state index is 0.0649. The van der Waals surface area contributed by atoms with Crippen molar-refractivity contribution in [1.82, 2.24) is 19.9 Å². The Labute approximate surface area is 274 Å². The smallest absolute Gasteiger partial charge is 0.410 e. The molecule has 0 spiro atoms. The van der Waals surface area contributed by atoms with Crippen LogP contribution in [0.3, 0.4) is 0 Å². The Morgan fingerprint density at radius 3 is 2.24 bits per heavy atom. The van der Waals surface area contributed by atoms with E-state index in [9.17, 15) is 22.0 Å². The van der Waals surface area contributed by atoms with Gasteiger partial charge in [-0.3, -0.25) is 0 Å². The molecule has 3 heterocycles. The Morgan fingerprint density at radius 2 is 1.65 bits per heavy atom. The lowest BCUT2D eigenvalue weighted by Crippen LogP contribution is -2.58. The molecule has 0 bridgehead atoms. The van der Waals surface area contributed by atoms with E-state index in [1.54, 1.807) is 31.7 Å². The summed E-state index contributed by atoms with van der Waals surface area (Å²) >= 11 is 7.29. The lowest BCUT2D eigenvalue weighted by atomic mass is 10.1. The fourth-order valence-corrected chi connectivity index (χ4v) is 7.35. The predicted molar refractivity (Wildman–Crippen MR) is 172 cm³/mol. The fraction of sp³-hybridized carbons (Fsp3) is 0.333. The highest BCUT2D eigenvalue weighted by Crippen LogP contribution is 2.44. The number of ether oxygens (including phenoxy) is 1. The second kappa shape index (κ2) is 13.0. The number of rotatable bonds is 6. The summed E-state index contributed by atoms with van der Waals surface area (Å²) in [4.78, 5) is 29.9. The number of piperazine rings is 1. The van der Waals surface area contributed by atoms with Gasteiger partial charge in [0.25, 0.3) is 0 Å². The summed E-state index contributed by atoms with van der Waals surface area (Å²) in [5.41, 5.74) is -1.93. The average Bonchev–Trinajstić information content (AvgIpc) is 3.38. The van der Waals surface area contributed by atoms with Gasteiger partial charge < -0.3 is 14.5 Å². The number of amides is 1. The first-order chi connectivity index (χ1) is 21.7. The van der Waals surface area contributed by atoms with Gasteiger partial charge in [0, 0.05) is 36.9 Å². The number of carbonyl (C=O) groups is 1. The van der Waals surface area contributed by atoms with Gasteiger partial charge in [0.15, 0.2) is 22.6 Å². The van der Waals surface area contributed by atoms with Crippen molar-refractivity contribution in [2.24, 2.45) is 0 Å². The molecule has 16 heteroatoms. The van der Waals surface area contributed by atoms with Crippen LogP contribution < -0.4 is 9.21 Å². The molecule has 2 atom stereocenters. The second-order valence-corrected chi connectivity index (χ2v) is 13.8. The standard InChI is InChI=1S/C30H30ClF3N6O4S2/c1-16-14-38(29(41)44-30(3,4)5)15-17(2)39(16)28-37-24(26(45-28)21-12-13-35-27(31)36-21)18-8-6-11-22(23(18)34)40(46(42)43)25-19(32)9-7-10-20(25)33/h6-13,16-17,46H,14-15H2,1-5H3. The SMILES string of the molecule is CC1CN(C(=O)OC(C)(C)C)CC(C)N1c1nc(-c2cccc(N(c3c(F)cccc3F)[SH](=O)=O)c2F)c(-c2ccnc(Cl)n2)s1. The summed E-state index contributed by atoms with van der Waals surface area (Å²) in [5.74, 6) is -3.46. The highest BCUT2D eigenvalue weighted by molar-refractivity contribution is 7.74. The summed E-state index contributed by atoms with van der Waals surface area (Å²) in [7, 11) is -3.73. The largest absolute Gasteiger partial charge is 0.444 e. The lowest BCUT2D eigenvalue weighted by molar-refractivity contribution is 0.0193. The van der Waals surface area contributed by atoms with Crippen LogP contribution in [0.5, 0.6) is 0 Å². The van der Waals surface area contributed by atoms with Crippen LogP contribution >= 0.6 is 22.9 Å². The highest BCUT2D eigenvalue weighted by atomic mass is 35.5. The number of halogens is 4. The third-order valence-electron chi connectivity index (χ3n) is 7.04. The van der Waals surface area contributed by atoms with Crippen LogP contribution in [-0.4, -0.2) is 65.1 Å². The van der Waals surface area contributed by atoms with Crippen LogP contribution in [0.25, 0.3) is 21.8 Å². The molecule has 2 aromatic carbocycles. The van der Waals surface area contributed by atoms with Crippen LogP contribution in [0.1, 0.15) is 34.6 Å². The molecular formula is C30H30ClF3N6O4S2. The topological polar surface area (TPSA) is 109 Å². The van der Waals surface area contributed by atoms with E-state index in [4.69, 9.17) is 21.3 Å². The summed E-state index contributed by atoms with van der Waals surface area (Å²) in [6.45, 7) is 9.87. The quantitative estimate of drug-likeness (QED) is 0.173. The molecule has 2 aromatic heterocycles. The molecular weight excluding hydrogens is 665 g/mol. The lowest BCUT2D eigenvalue weighted by Gasteiger charge is -2.44. The molecule has 244 valence electrons. The van der Waals surface area contributed by atoms with E-state index >= 15 is 4.39 Å². The zero-order valence-corrected chi connectivity index (χ0v) is 27.8. The molecule has 0 N–H and O–H groups in total. The number of thiol groups is 1. The Kier molecular flexibility index (Phi) is 9.47. The van der Waals surface area contributed by atoms with Gasteiger partial charge in [-0.05, 0) is 76.6 Å². The number of aromatic nitrogens is 3. The van der Waals surface area contributed by atoms with Crippen molar-refractivity contribution in [2.75, 3.05) is 22.3 Å². The minimum atomic E-state index is -3.73. The van der Waals surface area contributed by atoms with Gasteiger partial charge in [-0.25, -0.2) is 45.6 Å². The van der Waals surface area contributed by atoms with Gasteiger partial charge in [0.1, 0.15) is 11.3 Å². The predicted octanol–water partition coefficient (Wildman–Crippen LogP) is 6.84. The Morgan fingerprint density at radius 1 is 1.02 bits per heavy atom. The number of carbonyl (C=O) groups excluding carboxylic acids is 1. The molecule has 0 aliphatic carbocycles. The van der Waals surface area contributed by atoms with Crippen molar-refractivity contribution in [1.29, 1.82) is 0 Å². The molecule has 4 aromatic rings. The molecule has 1 aliphatic rings. The van der Waals surface area contributed by atoms with Crippen LogP contribution in [0.2, 0.25) is 5.28 Å². The van der Waals surface area contributed by atoms with Crippen molar-refractivity contribution >= 4 is 56.4 Å². The molecule has 0 saturated carbocycles. The number of benzene rings is 2. The Bertz CT molecular complexity index is 1830. The van der Waals surface area contributed by atoms with Gasteiger partial charge in [0.05, 0.1) is 22.0 Å². The van der Waals surface area contributed by atoms with Crippen molar-refractivity contribution < 1.29 is 31.1 Å². The van der Waals surface area contributed by atoms with Crippen LogP contribution in [-0.2, 0) is 15.6 Å². The number of hydrogen-bond donors (Lipinski definition) is 1. The first-order valence-corrected chi connectivity index (χ1v) is 16.4. The molecule has 2 unspecified atom stereocenters. The molecule has 1 fully saturated rings. The van der Waals surface area contributed by atoms with E-state index in [0.29, 0.717) is 28.8 Å². The molecule has 10 nitrogen and oxygen atoms in total. The first kappa shape index (κ1) is 33.4. The minimum Gasteiger partial charge on any atom is -0.444 e. The van der Waals surface area contributed by atoms with Crippen LogP contribution in [0, 0.1) is 17.5 Å². The van der Waals surface area contributed by atoms with Gasteiger partial charge in [0.2, 0.25) is 16.2 Å². The van der Waals surface area contributed by atoms with E-state index in [1.165, 1.54) is 29.7 Å². The van der Waals surface area contributed by atoms with Crippen molar-refractivity contribution in [2.45, 2.75) is 52.3 Å². The monoisotopic (exact) mass is 694 g/mol. The van der Waals surface area contributed by atoms with Crippen molar-refractivity contribution in [3.05, 3.63) is 71.4 Å². The average molecular weight is 695 g/mol. The van der Waals surface area contributed by atoms with Gasteiger partial charge in [-0.2, -0.15) is 0 Å². The Hall–Kier alpha value is -3.95. The number of anilines is 3. The normalized spacial score (nSPS) is 17.0. The van der Waals surface area contributed by atoms with E-state index in [-0.39, 0.29) is 32.9 Å². The third kappa shape index (κ3) is 6.76. The zero-order valence-electron chi connectivity index (χ0n) is 25.4. The Balaban J connectivity index is 1.62. The molecule has 0 radical (unpaired) electrons. The number of thiazole rings is 1. The summed E-state index contributed by atoms with van der Waals surface area (Å²) < 4.78 is 76.4. The maximum atomic E-state index is 16.5. The third-order valence-corrected chi connectivity index (χ3v) is 9.06. The number of para-hydroxylation sites is 1. The summed E-state index contributed by atoms with van der Waals surface area (Å²) in [5, 5.41) is 0.408. The summed E-state index contributed by atoms with van der Waals surface area (Å²) in [6.07, 6.45) is 0.990. The van der Waals surface area contributed by atoms with Gasteiger partial charge in [-0.15, -0.1) is 0 Å².